The van der Waals surface area contributed by atoms with Crippen LogP contribution in [0.4, 0.5) is 0 Å². The summed E-state index contributed by atoms with van der Waals surface area (Å²) < 4.78 is 38.8. The van der Waals surface area contributed by atoms with E-state index in [4.69, 9.17) is 8.37 Å². The van der Waals surface area contributed by atoms with Gasteiger partial charge in [0, 0.05) is 35.1 Å². The maximum atomic E-state index is 13.5. The molecular formula is C36H28O4S. The molecule has 1 aliphatic heterocycles. The van der Waals surface area contributed by atoms with E-state index in [-0.39, 0.29) is 0 Å². The van der Waals surface area contributed by atoms with Crippen molar-refractivity contribution < 1.29 is 16.8 Å². The maximum Gasteiger partial charge on any atom is 0.501 e. The van der Waals surface area contributed by atoms with Crippen LogP contribution in [0, 0.1) is 13.8 Å². The fourth-order valence-corrected chi connectivity index (χ4v) is 6.62. The Balaban J connectivity index is 1.57. The third-order valence-electron chi connectivity index (χ3n) is 7.81. The van der Waals surface area contributed by atoms with Crippen LogP contribution in [-0.4, -0.2) is 8.42 Å². The lowest BCUT2D eigenvalue weighted by Gasteiger charge is -2.18. The summed E-state index contributed by atoms with van der Waals surface area (Å²) in [6.45, 7) is 4.10. The summed E-state index contributed by atoms with van der Waals surface area (Å²) >= 11 is 0. The molecule has 41 heavy (non-hydrogen) atoms. The Morgan fingerprint density at radius 2 is 0.927 bits per heavy atom. The fraction of sp³-hybridized carbons (Fsp3) is 0.111. The van der Waals surface area contributed by atoms with E-state index in [0.29, 0.717) is 24.3 Å². The zero-order valence-corrected chi connectivity index (χ0v) is 23.7. The van der Waals surface area contributed by atoms with Crippen molar-refractivity contribution in [3.05, 3.63) is 143 Å². The third-order valence-corrected chi connectivity index (χ3v) is 8.55. The second-order valence-corrected chi connectivity index (χ2v) is 12.0. The lowest BCUT2D eigenvalue weighted by molar-refractivity contribution is 0.395. The Hall–Kier alpha value is -4.61. The first-order chi connectivity index (χ1) is 19.8. The molecule has 7 rings (SSSR count). The van der Waals surface area contributed by atoms with Gasteiger partial charge in [-0.05, 0) is 58.7 Å². The van der Waals surface area contributed by atoms with Gasteiger partial charge in [-0.25, -0.2) is 0 Å². The molecule has 0 radical (unpaired) electrons. The molecule has 6 aromatic rings. The predicted molar refractivity (Wildman–Crippen MR) is 165 cm³/mol. The van der Waals surface area contributed by atoms with Crippen molar-refractivity contribution in [1.82, 2.24) is 0 Å². The molecule has 0 bridgehead atoms. The SMILES string of the molecule is Cc1ccc(Cc2cc3ccccc3c3c2OS(=O)(=O)Oc2c(Cc4ccc(C)cc4)cc4ccccc4c2-3)cc1. The van der Waals surface area contributed by atoms with E-state index >= 15 is 0 Å². The number of rotatable bonds is 4. The van der Waals surface area contributed by atoms with Crippen LogP contribution < -0.4 is 8.37 Å². The van der Waals surface area contributed by atoms with Gasteiger partial charge in [0.15, 0.2) is 11.5 Å². The van der Waals surface area contributed by atoms with Crippen LogP contribution >= 0.6 is 0 Å². The molecule has 0 saturated heterocycles. The Kier molecular flexibility index (Phi) is 6.06. The first-order valence-corrected chi connectivity index (χ1v) is 15.0. The number of aryl methyl sites for hydroxylation is 2. The van der Waals surface area contributed by atoms with Crippen molar-refractivity contribution >= 4 is 31.9 Å². The van der Waals surface area contributed by atoms with Gasteiger partial charge >= 0.3 is 10.4 Å². The molecule has 0 N–H and O–H groups in total. The molecule has 1 heterocycles. The molecule has 202 valence electrons. The summed E-state index contributed by atoms with van der Waals surface area (Å²) in [4.78, 5) is 0. The van der Waals surface area contributed by atoms with Gasteiger partial charge in [-0.15, -0.1) is 8.42 Å². The van der Waals surface area contributed by atoms with Gasteiger partial charge in [-0.3, -0.25) is 0 Å². The van der Waals surface area contributed by atoms with E-state index in [1.54, 1.807) is 0 Å². The lowest BCUT2D eigenvalue weighted by Crippen LogP contribution is -2.17. The minimum Gasteiger partial charge on any atom is -0.352 e. The van der Waals surface area contributed by atoms with Crippen molar-refractivity contribution in [1.29, 1.82) is 0 Å². The number of fused-ring (bicyclic) bond motifs is 7. The van der Waals surface area contributed by atoms with Crippen molar-refractivity contribution in [2.24, 2.45) is 0 Å². The highest BCUT2D eigenvalue weighted by Crippen LogP contribution is 2.51. The Morgan fingerprint density at radius 1 is 0.537 bits per heavy atom. The van der Waals surface area contributed by atoms with E-state index in [1.807, 2.05) is 48.5 Å². The summed E-state index contributed by atoms with van der Waals surface area (Å²) in [7, 11) is -4.43. The Morgan fingerprint density at radius 3 is 1.34 bits per heavy atom. The molecule has 0 spiro atoms. The highest BCUT2D eigenvalue weighted by Gasteiger charge is 2.33. The van der Waals surface area contributed by atoms with Crippen LogP contribution in [0.5, 0.6) is 11.5 Å². The molecule has 0 aliphatic carbocycles. The van der Waals surface area contributed by atoms with Crippen molar-refractivity contribution in [2.75, 3.05) is 0 Å². The molecule has 0 unspecified atom stereocenters. The quantitative estimate of drug-likeness (QED) is 0.219. The van der Waals surface area contributed by atoms with Crippen LogP contribution in [0.15, 0.2) is 109 Å². The molecule has 4 nitrogen and oxygen atoms in total. The lowest BCUT2D eigenvalue weighted by atomic mass is 9.87. The average Bonchev–Trinajstić information content (AvgIpc) is 3.09. The molecule has 0 amide bonds. The molecule has 0 fully saturated rings. The van der Waals surface area contributed by atoms with Gasteiger partial charge in [0.2, 0.25) is 0 Å². The predicted octanol–water partition coefficient (Wildman–Crippen LogP) is 8.47. The second-order valence-electron chi connectivity index (χ2n) is 10.8. The van der Waals surface area contributed by atoms with E-state index < -0.39 is 10.4 Å². The van der Waals surface area contributed by atoms with Gasteiger partial charge in [-0.2, -0.15) is 0 Å². The van der Waals surface area contributed by atoms with Crippen LogP contribution in [0.1, 0.15) is 33.4 Å². The Labute approximate surface area is 240 Å². The largest absolute Gasteiger partial charge is 0.501 e. The molecule has 0 saturated carbocycles. The fourth-order valence-electron chi connectivity index (χ4n) is 5.80. The first-order valence-electron chi connectivity index (χ1n) is 13.7. The normalized spacial score (nSPS) is 13.6. The van der Waals surface area contributed by atoms with Gasteiger partial charge in [0.1, 0.15) is 0 Å². The van der Waals surface area contributed by atoms with Gasteiger partial charge in [-0.1, -0.05) is 108 Å². The molecule has 6 aromatic carbocycles. The summed E-state index contributed by atoms with van der Waals surface area (Å²) in [5.41, 5.74) is 7.52. The monoisotopic (exact) mass is 556 g/mol. The average molecular weight is 557 g/mol. The van der Waals surface area contributed by atoms with E-state index in [1.165, 1.54) is 11.1 Å². The molecule has 1 aliphatic rings. The maximum absolute atomic E-state index is 13.5. The minimum absolute atomic E-state index is 0.320. The standard InChI is InChI=1S/C36H28O4S/c1-23-11-15-25(16-12-23)19-29-21-27-7-3-5-9-31(27)33-34-32-10-6-4-8-28(32)22-30(20-26-17-13-24(2)14-18-26)36(34)40-41(37,38)39-35(29)33/h3-18,21-22H,19-20H2,1-2H3. The number of benzene rings is 6. The van der Waals surface area contributed by atoms with Crippen LogP contribution in [0.25, 0.3) is 32.7 Å². The van der Waals surface area contributed by atoms with Gasteiger partial charge in [0.25, 0.3) is 0 Å². The van der Waals surface area contributed by atoms with E-state index in [0.717, 1.165) is 54.9 Å². The van der Waals surface area contributed by atoms with Gasteiger partial charge in [0.05, 0.1) is 0 Å². The van der Waals surface area contributed by atoms with Crippen LogP contribution in [0.2, 0.25) is 0 Å². The topological polar surface area (TPSA) is 52.6 Å². The van der Waals surface area contributed by atoms with Gasteiger partial charge < -0.3 is 8.37 Å². The smallest absolute Gasteiger partial charge is 0.352 e. The van der Waals surface area contributed by atoms with Crippen LogP contribution in [0.3, 0.4) is 0 Å². The molecular weight excluding hydrogens is 528 g/mol. The highest BCUT2D eigenvalue weighted by atomic mass is 32.3. The van der Waals surface area contributed by atoms with E-state index in [2.05, 4.69) is 74.5 Å². The minimum atomic E-state index is -4.43. The summed E-state index contributed by atoms with van der Waals surface area (Å²) in [5.74, 6) is 0.640. The number of hydrogen-bond acceptors (Lipinski definition) is 4. The summed E-state index contributed by atoms with van der Waals surface area (Å²) in [6.07, 6.45) is 1.03. The molecule has 5 heteroatoms. The number of hydrogen-bond donors (Lipinski definition) is 0. The zero-order valence-electron chi connectivity index (χ0n) is 22.8. The third kappa shape index (κ3) is 4.72. The van der Waals surface area contributed by atoms with E-state index in [9.17, 15) is 8.42 Å². The summed E-state index contributed by atoms with van der Waals surface area (Å²) in [5, 5.41) is 3.84. The van der Waals surface area contributed by atoms with Crippen molar-refractivity contribution in [3.63, 3.8) is 0 Å². The van der Waals surface area contributed by atoms with Crippen molar-refractivity contribution in [3.8, 4) is 22.6 Å². The highest BCUT2D eigenvalue weighted by molar-refractivity contribution is 7.82. The van der Waals surface area contributed by atoms with Crippen molar-refractivity contribution in [2.45, 2.75) is 26.7 Å². The molecule has 0 atom stereocenters. The van der Waals surface area contributed by atoms with Crippen LogP contribution in [-0.2, 0) is 23.2 Å². The molecule has 0 aromatic heterocycles. The summed E-state index contributed by atoms with van der Waals surface area (Å²) in [6, 6.07) is 36.7. The first kappa shape index (κ1) is 25.4. The second kappa shape index (κ2) is 9.79. The Bertz CT molecular complexity index is 1910. The zero-order chi connectivity index (χ0) is 28.1.